The predicted octanol–water partition coefficient (Wildman–Crippen LogP) is 2.82. The Kier molecular flexibility index (Phi) is 3.64. The highest BCUT2D eigenvalue weighted by Crippen LogP contribution is 2.34. The molecule has 0 spiro atoms. The normalized spacial score (nSPS) is 13.8. The zero-order chi connectivity index (χ0) is 13.2. The van der Waals surface area contributed by atoms with Crippen molar-refractivity contribution in [3.63, 3.8) is 0 Å². The van der Waals surface area contributed by atoms with Crippen molar-refractivity contribution in [2.45, 2.75) is 38.4 Å². The van der Waals surface area contributed by atoms with E-state index >= 15 is 0 Å². The Balaban J connectivity index is 2.54. The highest BCUT2D eigenvalue weighted by Gasteiger charge is 2.33. The van der Waals surface area contributed by atoms with Crippen molar-refractivity contribution >= 4 is 10.8 Å². The van der Waals surface area contributed by atoms with Gasteiger partial charge in [-0.2, -0.15) is 0 Å². The molecule has 0 amide bonds. The minimum atomic E-state index is -1.07. The van der Waals surface area contributed by atoms with E-state index in [2.05, 4.69) is 4.98 Å². The molecular formula is C15H19NO2. The number of rotatable bonds is 4. The van der Waals surface area contributed by atoms with E-state index in [4.69, 9.17) is 0 Å². The van der Waals surface area contributed by atoms with E-state index in [1.807, 2.05) is 38.1 Å². The average molecular weight is 245 g/mol. The van der Waals surface area contributed by atoms with Gasteiger partial charge in [0.25, 0.3) is 0 Å². The molecule has 0 fully saturated rings. The molecule has 0 aliphatic heterocycles. The topological polar surface area (TPSA) is 53.4 Å². The molecular weight excluding hydrogens is 226 g/mol. The summed E-state index contributed by atoms with van der Waals surface area (Å²) in [5, 5.41) is 22.8. The van der Waals surface area contributed by atoms with Crippen molar-refractivity contribution in [2.24, 2.45) is 0 Å². The maximum Gasteiger partial charge on any atom is 0.108 e. The van der Waals surface area contributed by atoms with Crippen LogP contribution in [0, 0.1) is 0 Å². The molecule has 0 bridgehead atoms. The maximum atomic E-state index is 10.5. The monoisotopic (exact) mass is 245 g/mol. The first-order chi connectivity index (χ1) is 8.62. The third-order valence-corrected chi connectivity index (χ3v) is 3.74. The number of nitrogens with zero attached hydrogens (tertiary/aromatic N) is 1. The lowest BCUT2D eigenvalue weighted by molar-refractivity contribution is -0.0814. The zero-order valence-electron chi connectivity index (χ0n) is 10.8. The van der Waals surface area contributed by atoms with Crippen LogP contribution in [0.25, 0.3) is 10.8 Å². The molecule has 96 valence electrons. The van der Waals surface area contributed by atoms with E-state index in [9.17, 15) is 10.2 Å². The zero-order valence-corrected chi connectivity index (χ0v) is 10.8. The summed E-state index contributed by atoms with van der Waals surface area (Å²) in [5.41, 5.74) is -0.307. The molecule has 1 aromatic carbocycles. The molecule has 3 heteroatoms. The first kappa shape index (κ1) is 13.0. The largest absolute Gasteiger partial charge is 0.387 e. The lowest BCUT2D eigenvalue weighted by Gasteiger charge is -2.31. The summed E-state index contributed by atoms with van der Waals surface area (Å²) >= 11 is 0. The van der Waals surface area contributed by atoms with Crippen LogP contribution in [0.5, 0.6) is 0 Å². The third-order valence-electron chi connectivity index (χ3n) is 3.74. The van der Waals surface area contributed by atoms with Crippen LogP contribution in [-0.2, 0) is 0 Å². The maximum absolute atomic E-state index is 10.5. The summed E-state index contributed by atoms with van der Waals surface area (Å²) in [7, 11) is 0. The smallest absolute Gasteiger partial charge is 0.108 e. The lowest BCUT2D eigenvalue weighted by atomic mass is 9.85. The average Bonchev–Trinajstić information content (AvgIpc) is 2.45. The second-order valence-corrected chi connectivity index (χ2v) is 4.66. The summed E-state index contributed by atoms with van der Waals surface area (Å²) in [6, 6.07) is 7.58. The lowest BCUT2D eigenvalue weighted by Crippen LogP contribution is -2.34. The van der Waals surface area contributed by atoms with Gasteiger partial charge in [0.2, 0.25) is 0 Å². The molecule has 1 atom stereocenters. The summed E-state index contributed by atoms with van der Waals surface area (Å²) < 4.78 is 0. The molecule has 0 saturated heterocycles. The summed E-state index contributed by atoms with van der Waals surface area (Å²) in [6.45, 7) is 3.78. The van der Waals surface area contributed by atoms with E-state index in [0.717, 1.165) is 16.3 Å². The van der Waals surface area contributed by atoms with Gasteiger partial charge in [-0.05, 0) is 29.9 Å². The number of fused-ring (bicyclic) bond motifs is 1. The van der Waals surface area contributed by atoms with Gasteiger partial charge in [-0.1, -0.05) is 32.0 Å². The van der Waals surface area contributed by atoms with Gasteiger partial charge < -0.3 is 10.2 Å². The SMILES string of the molecule is CCC(O)(CC)C(O)c1cccc2cnccc12. The summed E-state index contributed by atoms with van der Waals surface area (Å²) in [4.78, 5) is 4.07. The predicted molar refractivity (Wildman–Crippen MR) is 72.2 cm³/mol. The second-order valence-electron chi connectivity index (χ2n) is 4.66. The van der Waals surface area contributed by atoms with Crippen LogP contribution < -0.4 is 0 Å². The standard InChI is InChI=1S/C15H19NO2/c1-3-15(18,4-2)14(17)13-7-5-6-11-10-16-9-8-12(11)13/h5-10,14,17-18H,3-4H2,1-2H3. The van der Waals surface area contributed by atoms with E-state index in [0.29, 0.717) is 12.8 Å². The van der Waals surface area contributed by atoms with Crippen molar-refractivity contribution in [3.8, 4) is 0 Å². The fourth-order valence-corrected chi connectivity index (χ4v) is 2.31. The van der Waals surface area contributed by atoms with E-state index in [1.54, 1.807) is 12.4 Å². The van der Waals surface area contributed by atoms with E-state index < -0.39 is 11.7 Å². The highest BCUT2D eigenvalue weighted by atomic mass is 16.3. The van der Waals surface area contributed by atoms with Gasteiger partial charge in [0.15, 0.2) is 0 Å². The van der Waals surface area contributed by atoms with Crippen LogP contribution in [0.1, 0.15) is 38.4 Å². The van der Waals surface area contributed by atoms with Gasteiger partial charge in [-0.15, -0.1) is 0 Å². The van der Waals surface area contributed by atoms with Crippen LogP contribution in [-0.4, -0.2) is 20.8 Å². The Morgan fingerprint density at radius 1 is 1.22 bits per heavy atom. The number of hydrogen-bond acceptors (Lipinski definition) is 3. The Hall–Kier alpha value is -1.45. The molecule has 2 rings (SSSR count). The summed E-state index contributed by atoms with van der Waals surface area (Å²) in [5.74, 6) is 0. The van der Waals surface area contributed by atoms with Gasteiger partial charge >= 0.3 is 0 Å². The van der Waals surface area contributed by atoms with Gasteiger partial charge in [0.1, 0.15) is 6.10 Å². The minimum Gasteiger partial charge on any atom is -0.387 e. The van der Waals surface area contributed by atoms with Gasteiger partial charge in [-0.25, -0.2) is 0 Å². The molecule has 0 radical (unpaired) electrons. The highest BCUT2D eigenvalue weighted by molar-refractivity contribution is 5.85. The van der Waals surface area contributed by atoms with Crippen molar-refractivity contribution in [1.82, 2.24) is 4.98 Å². The quantitative estimate of drug-likeness (QED) is 0.871. The molecule has 18 heavy (non-hydrogen) atoms. The van der Waals surface area contributed by atoms with Crippen LogP contribution in [0.4, 0.5) is 0 Å². The van der Waals surface area contributed by atoms with Crippen molar-refractivity contribution in [1.29, 1.82) is 0 Å². The Morgan fingerprint density at radius 2 is 1.94 bits per heavy atom. The van der Waals surface area contributed by atoms with Crippen LogP contribution >= 0.6 is 0 Å². The number of aromatic nitrogens is 1. The Bertz CT molecular complexity index is 530. The first-order valence-corrected chi connectivity index (χ1v) is 6.35. The van der Waals surface area contributed by atoms with Crippen molar-refractivity contribution < 1.29 is 10.2 Å². The summed E-state index contributed by atoms with van der Waals surface area (Å²) in [6.07, 6.45) is 3.63. The fourth-order valence-electron chi connectivity index (χ4n) is 2.31. The molecule has 0 saturated carbocycles. The van der Waals surface area contributed by atoms with Gasteiger partial charge in [-0.3, -0.25) is 4.98 Å². The number of aliphatic hydroxyl groups is 2. The van der Waals surface area contributed by atoms with Crippen molar-refractivity contribution in [3.05, 3.63) is 42.2 Å². The van der Waals surface area contributed by atoms with Crippen LogP contribution in [0.3, 0.4) is 0 Å². The molecule has 0 aliphatic rings. The first-order valence-electron chi connectivity index (χ1n) is 6.35. The van der Waals surface area contributed by atoms with Gasteiger partial charge in [0.05, 0.1) is 5.60 Å². The number of pyridine rings is 1. The third kappa shape index (κ3) is 2.11. The minimum absolute atomic E-state index is 0.520. The van der Waals surface area contributed by atoms with Gasteiger partial charge in [0, 0.05) is 17.8 Å². The molecule has 1 unspecified atom stereocenters. The molecule has 3 nitrogen and oxygen atoms in total. The fraction of sp³-hybridized carbons (Fsp3) is 0.400. The molecule has 1 heterocycles. The van der Waals surface area contributed by atoms with Crippen molar-refractivity contribution in [2.75, 3.05) is 0 Å². The molecule has 1 aromatic heterocycles. The van der Waals surface area contributed by atoms with E-state index in [-0.39, 0.29) is 0 Å². The molecule has 2 aromatic rings. The van der Waals surface area contributed by atoms with Crippen LogP contribution in [0.2, 0.25) is 0 Å². The molecule has 0 aliphatic carbocycles. The number of hydrogen-bond donors (Lipinski definition) is 2. The Morgan fingerprint density at radius 3 is 2.61 bits per heavy atom. The second kappa shape index (κ2) is 5.04. The Labute approximate surface area is 107 Å². The number of aliphatic hydroxyl groups excluding tert-OH is 1. The molecule has 2 N–H and O–H groups in total. The van der Waals surface area contributed by atoms with Crippen LogP contribution in [0.15, 0.2) is 36.7 Å². The number of benzene rings is 1. The van der Waals surface area contributed by atoms with E-state index in [1.165, 1.54) is 0 Å².